The van der Waals surface area contributed by atoms with Gasteiger partial charge in [-0.05, 0) is 47.5 Å². The number of hydrogen-bond acceptors (Lipinski definition) is 5. The summed E-state index contributed by atoms with van der Waals surface area (Å²) in [4.78, 5) is 33.2. The van der Waals surface area contributed by atoms with Crippen molar-refractivity contribution in [1.82, 2.24) is 14.8 Å². The number of carbonyl (C=O) groups excluding carboxylic acids is 2. The first-order chi connectivity index (χ1) is 17.6. The third-order valence-corrected chi connectivity index (χ3v) is 6.90. The highest BCUT2D eigenvalue weighted by Gasteiger charge is 2.54. The van der Waals surface area contributed by atoms with Gasteiger partial charge < -0.3 is 19.6 Å². The lowest BCUT2D eigenvalue weighted by Crippen LogP contribution is -2.73. The number of carbonyl (C=O) groups is 2. The van der Waals surface area contributed by atoms with E-state index in [0.29, 0.717) is 6.54 Å². The average Bonchev–Trinajstić information content (AvgIpc) is 2.90. The highest BCUT2D eigenvalue weighted by Crippen LogP contribution is 2.43. The van der Waals surface area contributed by atoms with Crippen molar-refractivity contribution in [3.8, 4) is 17.6 Å². The highest BCUT2D eigenvalue weighted by atomic mass is 16.5. The maximum Gasteiger partial charge on any atom is 0.242 e. The number of methoxy groups -OCH3 is 1. The lowest BCUT2D eigenvalue weighted by Gasteiger charge is -2.58. The van der Waals surface area contributed by atoms with Gasteiger partial charge in [-0.25, -0.2) is 0 Å². The molecule has 2 aromatic carbocycles. The summed E-state index contributed by atoms with van der Waals surface area (Å²) in [7, 11) is 1.63. The minimum absolute atomic E-state index is 0.0393. The molecule has 7 nitrogen and oxygen atoms in total. The second kappa shape index (κ2) is 10.2. The van der Waals surface area contributed by atoms with E-state index in [-0.39, 0.29) is 49.4 Å². The predicted molar refractivity (Wildman–Crippen MR) is 134 cm³/mol. The normalized spacial score (nSPS) is 20.6. The molecule has 0 radical (unpaired) electrons. The number of fused-ring (bicyclic) bond motifs is 1. The summed E-state index contributed by atoms with van der Waals surface area (Å²) in [5.41, 5.74) is 3.58. The molecule has 3 heterocycles. The molecule has 7 heteroatoms. The van der Waals surface area contributed by atoms with Crippen molar-refractivity contribution in [2.45, 2.75) is 24.4 Å². The van der Waals surface area contributed by atoms with Gasteiger partial charge in [0, 0.05) is 36.0 Å². The van der Waals surface area contributed by atoms with Gasteiger partial charge >= 0.3 is 0 Å². The van der Waals surface area contributed by atoms with E-state index in [1.54, 1.807) is 35.4 Å². The zero-order chi connectivity index (χ0) is 25.1. The molecule has 0 spiro atoms. The Balaban J connectivity index is 1.30. The number of aliphatic hydroxyl groups is 1. The Morgan fingerprint density at radius 1 is 1.11 bits per heavy atom. The van der Waals surface area contributed by atoms with Crippen LogP contribution in [0.2, 0.25) is 0 Å². The summed E-state index contributed by atoms with van der Waals surface area (Å²) in [5.74, 6) is 6.82. The Morgan fingerprint density at radius 3 is 2.64 bits per heavy atom. The van der Waals surface area contributed by atoms with Crippen molar-refractivity contribution in [1.29, 1.82) is 0 Å². The minimum Gasteiger partial charge on any atom is -0.497 e. The molecule has 36 heavy (non-hydrogen) atoms. The van der Waals surface area contributed by atoms with Gasteiger partial charge in [-0.15, -0.1) is 0 Å². The zero-order valence-corrected chi connectivity index (χ0v) is 20.0. The van der Waals surface area contributed by atoms with Crippen LogP contribution in [0.5, 0.6) is 5.75 Å². The molecule has 2 amide bonds. The summed E-state index contributed by atoms with van der Waals surface area (Å²) in [6.07, 6.45) is 3.55. The molecular formula is C29H27N3O4. The lowest BCUT2D eigenvalue weighted by molar-refractivity contribution is -0.166. The number of pyridine rings is 1. The standard InChI is InChI=1S/C29H27N3O4/c1-36-24-6-2-4-21(14-24)8-7-20-9-11-23(12-10-20)29-25-17-31(18-28(35)32(25)26(29)19-33)27(34)15-22-5-3-13-30-16-22/h2-6,9-14,16,25-26,29,33H,15,17-19H2,1H3/t25-,26+,29-/m1/s1. The van der Waals surface area contributed by atoms with Crippen LogP contribution in [0, 0.1) is 11.8 Å². The molecule has 0 bridgehead atoms. The third kappa shape index (κ3) is 4.68. The highest BCUT2D eigenvalue weighted by molar-refractivity contribution is 5.88. The molecule has 1 aromatic heterocycles. The van der Waals surface area contributed by atoms with Crippen molar-refractivity contribution >= 4 is 11.8 Å². The maximum absolute atomic E-state index is 12.9. The topological polar surface area (TPSA) is 83.0 Å². The van der Waals surface area contributed by atoms with Crippen molar-refractivity contribution < 1.29 is 19.4 Å². The van der Waals surface area contributed by atoms with Gasteiger partial charge in [-0.3, -0.25) is 14.6 Å². The number of nitrogens with zero attached hydrogens (tertiary/aromatic N) is 3. The SMILES string of the molecule is COc1cccc(C#Cc2ccc([C@@H]3[C@H]4CN(C(=O)Cc5cccnc5)CC(=O)N4[C@H]3CO)cc2)c1. The lowest BCUT2D eigenvalue weighted by atomic mass is 9.73. The van der Waals surface area contributed by atoms with Crippen molar-refractivity contribution in [3.05, 3.63) is 95.3 Å². The molecule has 3 atom stereocenters. The van der Waals surface area contributed by atoms with E-state index in [0.717, 1.165) is 28.0 Å². The van der Waals surface area contributed by atoms with Crippen LogP contribution in [0.25, 0.3) is 0 Å². The van der Waals surface area contributed by atoms with E-state index < -0.39 is 0 Å². The fourth-order valence-electron chi connectivity index (χ4n) is 5.11. The van der Waals surface area contributed by atoms with Crippen molar-refractivity contribution in [3.63, 3.8) is 0 Å². The van der Waals surface area contributed by atoms with Gasteiger partial charge in [-0.1, -0.05) is 36.1 Å². The summed E-state index contributed by atoms with van der Waals surface area (Å²) in [5, 5.41) is 10.0. The number of aromatic nitrogens is 1. The Bertz CT molecular complexity index is 1310. The summed E-state index contributed by atoms with van der Waals surface area (Å²) in [6, 6.07) is 18.7. The Morgan fingerprint density at radius 2 is 1.92 bits per heavy atom. The number of piperazine rings is 1. The fraction of sp³-hybridized carbons (Fsp3) is 0.276. The molecule has 3 aromatic rings. The van der Waals surface area contributed by atoms with Crippen molar-refractivity contribution in [2.24, 2.45) is 0 Å². The molecule has 0 saturated carbocycles. The molecule has 1 N–H and O–H groups in total. The Labute approximate surface area is 210 Å². The van der Waals surface area contributed by atoms with Gasteiger partial charge in [0.05, 0.1) is 38.8 Å². The Kier molecular flexibility index (Phi) is 6.70. The van der Waals surface area contributed by atoms with E-state index in [1.165, 1.54) is 0 Å². The molecule has 2 fully saturated rings. The third-order valence-electron chi connectivity index (χ3n) is 6.90. The Hall–Kier alpha value is -4.15. The van der Waals surface area contributed by atoms with Crippen molar-refractivity contribution in [2.75, 3.05) is 26.8 Å². The first-order valence-electron chi connectivity index (χ1n) is 11.9. The number of hydrogen-bond donors (Lipinski definition) is 1. The van der Waals surface area contributed by atoms with Crippen LogP contribution < -0.4 is 4.74 Å². The molecule has 2 aliphatic heterocycles. The van der Waals surface area contributed by atoms with Gasteiger partial charge in [-0.2, -0.15) is 0 Å². The first-order valence-corrected chi connectivity index (χ1v) is 11.9. The van der Waals surface area contributed by atoms with Crippen LogP contribution in [0.3, 0.4) is 0 Å². The summed E-state index contributed by atoms with van der Waals surface area (Å²) in [6.45, 7) is 0.370. The molecule has 0 aliphatic carbocycles. The second-order valence-corrected chi connectivity index (χ2v) is 9.06. The smallest absolute Gasteiger partial charge is 0.242 e. The molecule has 2 saturated heterocycles. The van der Waals surface area contributed by atoms with Crippen LogP contribution >= 0.6 is 0 Å². The summed E-state index contributed by atoms with van der Waals surface area (Å²) < 4.78 is 5.25. The molecule has 0 unspecified atom stereocenters. The minimum atomic E-state index is -0.285. The van der Waals surface area contributed by atoms with E-state index in [2.05, 4.69) is 16.8 Å². The van der Waals surface area contributed by atoms with E-state index >= 15 is 0 Å². The van der Waals surface area contributed by atoms with E-state index in [4.69, 9.17) is 4.74 Å². The van der Waals surface area contributed by atoms with E-state index in [9.17, 15) is 14.7 Å². The first kappa shape index (κ1) is 23.6. The van der Waals surface area contributed by atoms with E-state index in [1.807, 2.05) is 54.6 Å². The molecule has 2 aliphatic rings. The monoisotopic (exact) mass is 481 g/mol. The fourth-order valence-corrected chi connectivity index (χ4v) is 5.11. The van der Waals surface area contributed by atoms with Gasteiger partial charge in [0.25, 0.3) is 0 Å². The number of aliphatic hydroxyl groups excluding tert-OH is 1. The summed E-state index contributed by atoms with van der Waals surface area (Å²) >= 11 is 0. The second-order valence-electron chi connectivity index (χ2n) is 9.06. The van der Waals surface area contributed by atoms with Gasteiger partial charge in [0.15, 0.2) is 0 Å². The number of amides is 2. The molecule has 182 valence electrons. The van der Waals surface area contributed by atoms with Crippen LogP contribution in [0.4, 0.5) is 0 Å². The van der Waals surface area contributed by atoms with Crippen LogP contribution in [0.1, 0.15) is 28.2 Å². The quantitative estimate of drug-likeness (QED) is 0.565. The maximum atomic E-state index is 12.9. The van der Waals surface area contributed by atoms with Gasteiger partial charge in [0.1, 0.15) is 5.75 Å². The molecule has 5 rings (SSSR count). The molecular weight excluding hydrogens is 454 g/mol. The number of benzene rings is 2. The zero-order valence-electron chi connectivity index (χ0n) is 20.0. The number of rotatable bonds is 5. The van der Waals surface area contributed by atoms with Crippen LogP contribution in [0.15, 0.2) is 73.1 Å². The number of ether oxygens (including phenoxy) is 1. The van der Waals surface area contributed by atoms with Gasteiger partial charge in [0.2, 0.25) is 11.8 Å². The predicted octanol–water partition coefficient (Wildman–Crippen LogP) is 2.23. The largest absolute Gasteiger partial charge is 0.497 e. The van der Waals surface area contributed by atoms with Crippen LogP contribution in [-0.2, 0) is 16.0 Å². The van der Waals surface area contributed by atoms with Crippen LogP contribution in [-0.4, -0.2) is 70.6 Å². The average molecular weight is 482 g/mol.